The first-order valence-corrected chi connectivity index (χ1v) is 9.06. The number of likely N-dealkylation sites (tertiary alicyclic amines) is 1. The van der Waals surface area contributed by atoms with E-state index in [1.807, 2.05) is 12.4 Å². The third-order valence-electron chi connectivity index (χ3n) is 4.52. The van der Waals surface area contributed by atoms with Crippen LogP contribution in [0.25, 0.3) is 10.8 Å². The van der Waals surface area contributed by atoms with Crippen LogP contribution in [-0.2, 0) is 6.54 Å². The van der Waals surface area contributed by atoms with Crippen LogP contribution in [0.15, 0.2) is 48.1 Å². The molecule has 0 spiro atoms. The maximum Gasteiger partial charge on any atom is 0.217 e. The zero-order valence-electron chi connectivity index (χ0n) is 13.4. The fourth-order valence-corrected chi connectivity index (χ4v) is 4.08. The Hall–Kier alpha value is -1.99. The van der Waals surface area contributed by atoms with E-state index in [2.05, 4.69) is 50.9 Å². The van der Waals surface area contributed by atoms with Crippen LogP contribution in [0.4, 0.5) is 10.7 Å². The molecular formula is C18H21N4OS+. The van der Waals surface area contributed by atoms with Crippen LogP contribution >= 0.6 is 11.3 Å². The van der Waals surface area contributed by atoms with Gasteiger partial charge in [-0.25, -0.2) is 5.21 Å². The number of fused-ring (bicyclic) bond motifs is 1. The Labute approximate surface area is 144 Å². The van der Waals surface area contributed by atoms with Crippen molar-refractivity contribution in [2.45, 2.75) is 19.0 Å². The molecule has 124 valence electrons. The fourth-order valence-electron chi connectivity index (χ4n) is 3.37. The lowest BCUT2D eigenvalue weighted by atomic mass is 10.1. The molecule has 0 saturated carbocycles. The van der Waals surface area contributed by atoms with E-state index in [1.165, 1.54) is 27.5 Å². The van der Waals surface area contributed by atoms with Crippen LogP contribution < -0.4 is 10.8 Å². The van der Waals surface area contributed by atoms with Crippen LogP contribution in [0.1, 0.15) is 12.0 Å². The van der Waals surface area contributed by atoms with Gasteiger partial charge in [-0.3, -0.25) is 9.88 Å². The van der Waals surface area contributed by atoms with Crippen molar-refractivity contribution in [3.63, 3.8) is 0 Å². The number of nitrogens with zero attached hydrogens (tertiary/aromatic N) is 2. The summed E-state index contributed by atoms with van der Waals surface area (Å²) in [6.45, 7) is 3.08. The van der Waals surface area contributed by atoms with Gasteiger partial charge >= 0.3 is 0 Å². The van der Waals surface area contributed by atoms with Gasteiger partial charge in [0.05, 0.1) is 0 Å². The lowest BCUT2D eigenvalue weighted by Crippen LogP contribution is -2.73. The van der Waals surface area contributed by atoms with Crippen molar-refractivity contribution in [1.82, 2.24) is 9.88 Å². The summed E-state index contributed by atoms with van der Waals surface area (Å²) in [5.74, 6) is 0. The largest absolute Gasteiger partial charge is 0.380 e. The number of thiophene rings is 1. The van der Waals surface area contributed by atoms with Crippen LogP contribution in [0, 0.1) is 0 Å². The van der Waals surface area contributed by atoms with Gasteiger partial charge in [-0.15, -0.1) is 0 Å². The van der Waals surface area contributed by atoms with Gasteiger partial charge in [-0.2, -0.15) is 5.48 Å². The number of aromatic nitrogens is 1. The van der Waals surface area contributed by atoms with Crippen molar-refractivity contribution < 1.29 is 10.7 Å². The van der Waals surface area contributed by atoms with Crippen molar-refractivity contribution in [3.8, 4) is 0 Å². The highest BCUT2D eigenvalue weighted by molar-refractivity contribution is 7.13. The van der Waals surface area contributed by atoms with E-state index >= 15 is 0 Å². The minimum Gasteiger partial charge on any atom is -0.380 e. The predicted molar refractivity (Wildman–Crippen MR) is 96.7 cm³/mol. The maximum atomic E-state index is 9.06. The number of anilines is 1. The highest BCUT2D eigenvalue weighted by atomic mass is 32.1. The Balaban J connectivity index is 1.41. The molecule has 6 heteroatoms. The van der Waals surface area contributed by atoms with Gasteiger partial charge in [0.2, 0.25) is 5.00 Å². The molecule has 1 fully saturated rings. The number of nitrogens with two attached hydrogens (primary N) is 1. The quantitative estimate of drug-likeness (QED) is 0.624. The molecule has 4 rings (SSSR count). The molecule has 3 aromatic rings. The lowest BCUT2D eigenvalue weighted by molar-refractivity contribution is -0.823. The molecule has 1 aliphatic rings. The number of pyridine rings is 1. The number of benzene rings is 1. The summed E-state index contributed by atoms with van der Waals surface area (Å²) in [5.41, 5.74) is 3.64. The van der Waals surface area contributed by atoms with Crippen molar-refractivity contribution in [1.29, 1.82) is 0 Å². The molecule has 2 aromatic heterocycles. The Morgan fingerprint density at radius 3 is 3.21 bits per heavy atom. The molecule has 0 aliphatic carbocycles. The average Bonchev–Trinajstić information content (AvgIpc) is 3.25. The molecule has 1 aromatic carbocycles. The number of hydrogen-bond donors (Lipinski definition) is 3. The van der Waals surface area contributed by atoms with E-state index in [4.69, 9.17) is 5.21 Å². The first kappa shape index (κ1) is 15.5. The fraction of sp³-hybridized carbons (Fsp3) is 0.278. The standard InChI is InChI=1S/C18H20N4OS/c23-21-18-8-13(12-24-18)10-22-7-5-15(11-22)20-17-3-1-2-14-9-19-6-4-16(14)17/h1-4,6,8-9,12,15,20-21,23H,5,7,10-11H2/p+1/t15-/m1/s1. The van der Waals surface area contributed by atoms with Crippen LogP contribution in [0.3, 0.4) is 0 Å². The Morgan fingerprint density at radius 2 is 2.33 bits per heavy atom. The zero-order valence-corrected chi connectivity index (χ0v) is 14.2. The average molecular weight is 341 g/mol. The third kappa shape index (κ3) is 3.27. The molecule has 0 unspecified atom stereocenters. The van der Waals surface area contributed by atoms with Crippen molar-refractivity contribution >= 4 is 32.8 Å². The molecule has 1 saturated heterocycles. The van der Waals surface area contributed by atoms with E-state index < -0.39 is 0 Å². The van der Waals surface area contributed by atoms with E-state index in [0.29, 0.717) is 6.04 Å². The summed E-state index contributed by atoms with van der Waals surface area (Å²) >= 11 is 1.58. The predicted octanol–water partition coefficient (Wildman–Crippen LogP) is 2.57. The molecule has 0 radical (unpaired) electrons. The molecular weight excluding hydrogens is 320 g/mol. The van der Waals surface area contributed by atoms with Gasteiger partial charge < -0.3 is 5.32 Å². The molecule has 24 heavy (non-hydrogen) atoms. The third-order valence-corrected chi connectivity index (χ3v) is 5.44. The number of quaternary nitrogens is 1. The van der Waals surface area contributed by atoms with E-state index in [0.717, 1.165) is 31.1 Å². The van der Waals surface area contributed by atoms with Crippen molar-refractivity contribution in [2.75, 3.05) is 18.4 Å². The van der Waals surface area contributed by atoms with Crippen LogP contribution in [0.2, 0.25) is 0 Å². The topological polar surface area (TPSA) is 65.0 Å². The smallest absolute Gasteiger partial charge is 0.217 e. The van der Waals surface area contributed by atoms with Gasteiger partial charge in [0.15, 0.2) is 0 Å². The first-order chi connectivity index (χ1) is 11.8. The van der Waals surface area contributed by atoms with Gasteiger partial charge in [0.25, 0.3) is 0 Å². The van der Waals surface area contributed by atoms with Crippen molar-refractivity contribution in [2.24, 2.45) is 0 Å². The molecule has 1 atom stereocenters. The Morgan fingerprint density at radius 1 is 1.38 bits per heavy atom. The molecule has 0 amide bonds. The first-order valence-electron chi connectivity index (χ1n) is 8.18. The normalized spacial score (nSPS) is 18.3. The highest BCUT2D eigenvalue weighted by Crippen LogP contribution is 2.25. The minimum absolute atomic E-state index is 0.464. The van der Waals surface area contributed by atoms with Crippen LogP contribution in [0.5, 0.6) is 0 Å². The van der Waals surface area contributed by atoms with Crippen molar-refractivity contribution in [3.05, 3.63) is 53.7 Å². The van der Waals surface area contributed by atoms with Crippen LogP contribution in [-0.4, -0.2) is 34.2 Å². The SMILES string of the molecule is O[NH2+]c1cc(CN2CC[C@@H](Nc3cccc4cnccc34)C2)cs1. The summed E-state index contributed by atoms with van der Waals surface area (Å²) in [7, 11) is 0. The number of nitrogens with one attached hydrogen (secondary N) is 1. The molecule has 1 aliphatic heterocycles. The second kappa shape index (κ2) is 6.86. The molecule has 3 heterocycles. The summed E-state index contributed by atoms with van der Waals surface area (Å²) in [6, 6.07) is 10.9. The summed E-state index contributed by atoms with van der Waals surface area (Å²) in [5, 5.41) is 18.2. The molecule has 5 nitrogen and oxygen atoms in total. The van der Waals surface area contributed by atoms with E-state index in [-0.39, 0.29) is 0 Å². The van der Waals surface area contributed by atoms with Gasteiger partial charge in [0, 0.05) is 66.0 Å². The number of rotatable bonds is 5. The lowest BCUT2D eigenvalue weighted by Gasteiger charge is -2.18. The number of hydrogen-bond acceptors (Lipinski definition) is 5. The van der Waals surface area contributed by atoms with Gasteiger partial charge in [0.1, 0.15) is 0 Å². The monoisotopic (exact) mass is 341 g/mol. The van der Waals surface area contributed by atoms with Gasteiger partial charge in [-0.05, 0) is 24.1 Å². The second-order valence-corrected chi connectivity index (χ2v) is 7.20. The summed E-state index contributed by atoms with van der Waals surface area (Å²) in [6.07, 6.45) is 4.90. The highest BCUT2D eigenvalue weighted by Gasteiger charge is 2.23. The summed E-state index contributed by atoms with van der Waals surface area (Å²) in [4.78, 5) is 6.66. The maximum absolute atomic E-state index is 9.06. The second-order valence-electron chi connectivity index (χ2n) is 6.25. The zero-order chi connectivity index (χ0) is 16.4. The minimum atomic E-state index is 0.464. The van der Waals surface area contributed by atoms with E-state index in [1.54, 1.807) is 11.3 Å². The molecule has 4 N–H and O–H groups in total. The Kier molecular flexibility index (Phi) is 4.44. The Bertz CT molecular complexity index is 829. The summed E-state index contributed by atoms with van der Waals surface area (Å²) < 4.78 is 0. The van der Waals surface area contributed by atoms with E-state index in [9.17, 15) is 0 Å². The molecule has 0 bridgehead atoms. The van der Waals surface area contributed by atoms with Gasteiger partial charge in [-0.1, -0.05) is 23.5 Å².